The predicted molar refractivity (Wildman–Crippen MR) is 47.5 cm³/mol. The van der Waals surface area contributed by atoms with Gasteiger partial charge in [0.15, 0.2) is 5.69 Å². The van der Waals surface area contributed by atoms with Crippen LogP contribution in [0.5, 0.6) is 0 Å². The zero-order valence-electron chi connectivity index (χ0n) is 8.00. The van der Waals surface area contributed by atoms with E-state index in [0.717, 1.165) is 5.56 Å². The van der Waals surface area contributed by atoms with Crippen LogP contribution in [0.2, 0.25) is 0 Å². The van der Waals surface area contributed by atoms with Crippen molar-refractivity contribution in [3.05, 3.63) is 23.3 Å². The summed E-state index contributed by atoms with van der Waals surface area (Å²) >= 11 is 0. The molecule has 0 radical (unpaired) electrons. The van der Waals surface area contributed by atoms with Crippen LogP contribution in [0.15, 0.2) is 6.20 Å². The Balaban J connectivity index is 2.99. The van der Waals surface area contributed by atoms with E-state index in [4.69, 9.17) is 4.74 Å². The van der Waals surface area contributed by atoms with Gasteiger partial charge in [-0.15, -0.1) is 0 Å². The second kappa shape index (κ2) is 3.98. The number of hydrogen-bond donors (Lipinski definition) is 0. The average molecular weight is 180 g/mol. The quantitative estimate of drug-likeness (QED) is 0.643. The van der Waals surface area contributed by atoms with Gasteiger partial charge in [-0.05, 0) is 20.8 Å². The molecule has 1 rings (SSSR count). The van der Waals surface area contributed by atoms with Crippen LogP contribution >= 0.6 is 0 Å². The fourth-order valence-corrected chi connectivity index (χ4v) is 0.936. The van der Waals surface area contributed by atoms with E-state index in [-0.39, 0.29) is 5.97 Å². The van der Waals surface area contributed by atoms with Gasteiger partial charge >= 0.3 is 5.97 Å². The number of esters is 1. The first-order valence-corrected chi connectivity index (χ1v) is 4.12. The molecule has 4 nitrogen and oxygen atoms in total. The Kier molecular flexibility index (Phi) is 2.95. The summed E-state index contributed by atoms with van der Waals surface area (Å²) in [6.07, 6.45) is 1.62. The van der Waals surface area contributed by atoms with Crippen molar-refractivity contribution >= 4 is 5.97 Å². The Hall–Kier alpha value is -1.45. The normalized spacial score (nSPS) is 9.77. The molecule has 0 spiro atoms. The molecule has 0 unspecified atom stereocenters. The molecule has 0 fully saturated rings. The molecular formula is C9H12N2O2. The monoisotopic (exact) mass is 180 g/mol. The molecule has 4 heteroatoms. The van der Waals surface area contributed by atoms with Crippen LogP contribution in [0.4, 0.5) is 0 Å². The molecule has 1 aromatic rings. The first-order valence-electron chi connectivity index (χ1n) is 4.12. The molecule has 0 bridgehead atoms. The van der Waals surface area contributed by atoms with E-state index in [0.29, 0.717) is 18.1 Å². The second-order valence-corrected chi connectivity index (χ2v) is 2.67. The first-order chi connectivity index (χ1) is 6.15. The minimum Gasteiger partial charge on any atom is -0.461 e. The number of aryl methyl sites for hydroxylation is 2. The van der Waals surface area contributed by atoms with Crippen molar-refractivity contribution in [2.24, 2.45) is 0 Å². The summed E-state index contributed by atoms with van der Waals surface area (Å²) in [6.45, 7) is 5.65. The number of nitrogens with zero attached hydrogens (tertiary/aromatic N) is 2. The lowest BCUT2D eigenvalue weighted by molar-refractivity contribution is 0.0518. The van der Waals surface area contributed by atoms with E-state index >= 15 is 0 Å². The molecule has 13 heavy (non-hydrogen) atoms. The molecule has 0 N–H and O–H groups in total. The van der Waals surface area contributed by atoms with Gasteiger partial charge in [0.2, 0.25) is 0 Å². The third kappa shape index (κ3) is 2.24. The van der Waals surface area contributed by atoms with Crippen molar-refractivity contribution in [3.8, 4) is 0 Å². The number of hydrogen-bond acceptors (Lipinski definition) is 4. The van der Waals surface area contributed by atoms with Crippen LogP contribution in [0.25, 0.3) is 0 Å². The molecule has 0 aliphatic rings. The van der Waals surface area contributed by atoms with Crippen molar-refractivity contribution in [1.29, 1.82) is 0 Å². The van der Waals surface area contributed by atoms with Crippen molar-refractivity contribution in [1.82, 2.24) is 9.97 Å². The molecule has 0 amide bonds. The maximum absolute atomic E-state index is 11.3. The SMILES string of the molecule is CCOC(=O)c1nc(C)ncc1C. The Morgan fingerprint density at radius 2 is 2.23 bits per heavy atom. The number of carbonyl (C=O) groups is 1. The molecule has 0 atom stereocenters. The van der Waals surface area contributed by atoms with E-state index < -0.39 is 0 Å². The molecular weight excluding hydrogens is 168 g/mol. The minimum absolute atomic E-state index is 0.356. The van der Waals surface area contributed by atoms with Crippen LogP contribution in [0, 0.1) is 13.8 Å². The predicted octanol–water partition coefficient (Wildman–Crippen LogP) is 1.27. The highest BCUT2D eigenvalue weighted by atomic mass is 16.5. The van der Waals surface area contributed by atoms with Crippen LogP contribution in [0.1, 0.15) is 28.8 Å². The van der Waals surface area contributed by atoms with Gasteiger partial charge in [-0.2, -0.15) is 0 Å². The molecule has 70 valence electrons. The first kappa shape index (κ1) is 9.64. The number of ether oxygens (including phenoxy) is 1. The van der Waals surface area contributed by atoms with E-state index in [2.05, 4.69) is 9.97 Å². The molecule has 0 saturated carbocycles. The van der Waals surface area contributed by atoms with Crippen LogP contribution in [-0.4, -0.2) is 22.5 Å². The second-order valence-electron chi connectivity index (χ2n) is 2.67. The Bertz CT molecular complexity index is 323. The molecule has 0 saturated heterocycles. The van der Waals surface area contributed by atoms with E-state index in [1.165, 1.54) is 0 Å². The zero-order valence-corrected chi connectivity index (χ0v) is 8.00. The summed E-state index contributed by atoms with van der Waals surface area (Å²) in [5.41, 5.74) is 1.10. The van der Waals surface area contributed by atoms with E-state index in [1.807, 2.05) is 0 Å². The summed E-state index contributed by atoms with van der Waals surface area (Å²) in [6, 6.07) is 0. The van der Waals surface area contributed by atoms with Gasteiger partial charge in [-0.3, -0.25) is 0 Å². The highest BCUT2D eigenvalue weighted by molar-refractivity contribution is 5.88. The lowest BCUT2D eigenvalue weighted by Gasteiger charge is -2.03. The number of aromatic nitrogens is 2. The maximum atomic E-state index is 11.3. The Morgan fingerprint density at radius 1 is 1.54 bits per heavy atom. The summed E-state index contributed by atoms with van der Waals surface area (Å²) in [5, 5.41) is 0. The van der Waals surface area contributed by atoms with Gasteiger partial charge in [0, 0.05) is 11.8 Å². The summed E-state index contributed by atoms with van der Waals surface area (Å²) in [5.74, 6) is 0.194. The van der Waals surface area contributed by atoms with E-state index in [9.17, 15) is 4.79 Å². The topological polar surface area (TPSA) is 52.1 Å². The third-order valence-electron chi connectivity index (χ3n) is 1.56. The molecule has 1 heterocycles. The van der Waals surface area contributed by atoms with Crippen molar-refractivity contribution in [2.75, 3.05) is 6.61 Å². The smallest absolute Gasteiger partial charge is 0.357 e. The third-order valence-corrected chi connectivity index (χ3v) is 1.56. The lowest BCUT2D eigenvalue weighted by Crippen LogP contribution is -2.10. The number of carbonyl (C=O) groups excluding carboxylic acids is 1. The highest BCUT2D eigenvalue weighted by Gasteiger charge is 2.11. The van der Waals surface area contributed by atoms with Gasteiger partial charge in [0.05, 0.1) is 6.61 Å². The summed E-state index contributed by atoms with van der Waals surface area (Å²) < 4.78 is 4.83. The minimum atomic E-state index is -0.384. The summed E-state index contributed by atoms with van der Waals surface area (Å²) in [4.78, 5) is 19.3. The van der Waals surface area contributed by atoms with Crippen molar-refractivity contribution in [2.45, 2.75) is 20.8 Å². The largest absolute Gasteiger partial charge is 0.461 e. The number of rotatable bonds is 2. The van der Waals surface area contributed by atoms with Gasteiger partial charge in [-0.25, -0.2) is 14.8 Å². The Labute approximate surface area is 77.0 Å². The van der Waals surface area contributed by atoms with Crippen LogP contribution in [-0.2, 0) is 4.74 Å². The van der Waals surface area contributed by atoms with Crippen LogP contribution < -0.4 is 0 Å². The van der Waals surface area contributed by atoms with Gasteiger partial charge in [0.25, 0.3) is 0 Å². The fraction of sp³-hybridized carbons (Fsp3) is 0.444. The standard InChI is InChI=1S/C9H12N2O2/c1-4-13-9(12)8-6(2)5-10-7(3)11-8/h5H,4H2,1-3H3. The maximum Gasteiger partial charge on any atom is 0.357 e. The van der Waals surface area contributed by atoms with Crippen molar-refractivity contribution in [3.63, 3.8) is 0 Å². The molecule has 1 aromatic heterocycles. The molecule has 0 aliphatic carbocycles. The van der Waals surface area contributed by atoms with E-state index in [1.54, 1.807) is 27.0 Å². The van der Waals surface area contributed by atoms with Crippen LogP contribution in [0.3, 0.4) is 0 Å². The lowest BCUT2D eigenvalue weighted by atomic mass is 10.2. The van der Waals surface area contributed by atoms with Gasteiger partial charge in [0.1, 0.15) is 5.82 Å². The molecule has 0 aliphatic heterocycles. The van der Waals surface area contributed by atoms with Gasteiger partial charge in [-0.1, -0.05) is 0 Å². The highest BCUT2D eigenvalue weighted by Crippen LogP contribution is 2.04. The molecule has 0 aromatic carbocycles. The average Bonchev–Trinajstić information content (AvgIpc) is 2.09. The van der Waals surface area contributed by atoms with Crippen molar-refractivity contribution < 1.29 is 9.53 Å². The summed E-state index contributed by atoms with van der Waals surface area (Å²) in [7, 11) is 0. The Morgan fingerprint density at radius 3 is 2.85 bits per heavy atom. The van der Waals surface area contributed by atoms with Gasteiger partial charge < -0.3 is 4.74 Å². The zero-order chi connectivity index (χ0) is 9.84. The fourth-order valence-electron chi connectivity index (χ4n) is 0.936.